The normalized spacial score (nSPS) is 11.0. The van der Waals surface area contributed by atoms with Crippen LogP contribution in [0.3, 0.4) is 0 Å². The minimum absolute atomic E-state index is 1.09. The molecule has 0 saturated carbocycles. The van der Waals surface area contributed by atoms with Crippen LogP contribution in [-0.2, 0) is 6.42 Å². The average Bonchev–Trinajstić information content (AvgIpc) is 2.59. The molecule has 0 radical (unpaired) electrons. The van der Waals surface area contributed by atoms with E-state index in [1.54, 1.807) is 17.7 Å². The number of aryl methyl sites for hydroxylation is 2. The van der Waals surface area contributed by atoms with Crippen molar-refractivity contribution in [2.45, 2.75) is 33.1 Å². The summed E-state index contributed by atoms with van der Waals surface area (Å²) < 4.78 is 0. The van der Waals surface area contributed by atoms with Crippen molar-refractivity contribution in [2.24, 2.45) is 0 Å². The van der Waals surface area contributed by atoms with Gasteiger partial charge in [0.05, 0.1) is 0 Å². The van der Waals surface area contributed by atoms with Crippen LogP contribution in [0.4, 0.5) is 0 Å². The van der Waals surface area contributed by atoms with E-state index in [4.69, 9.17) is 0 Å². The van der Waals surface area contributed by atoms with Gasteiger partial charge in [0, 0.05) is 16.0 Å². The Morgan fingerprint density at radius 1 is 1.36 bits per heavy atom. The van der Waals surface area contributed by atoms with Crippen LogP contribution in [-0.4, -0.2) is 9.97 Å². The Hall–Kier alpha value is -0.960. The summed E-state index contributed by atoms with van der Waals surface area (Å²) in [5, 5.41) is 1.23. The quantitative estimate of drug-likeness (QED) is 0.769. The summed E-state index contributed by atoms with van der Waals surface area (Å²) in [5.41, 5.74) is 1.09. The van der Waals surface area contributed by atoms with E-state index in [1.165, 1.54) is 29.5 Å². The largest absolute Gasteiger partial charge is 0.241 e. The van der Waals surface area contributed by atoms with E-state index in [0.717, 1.165) is 10.5 Å². The minimum atomic E-state index is 1.09. The second-order valence-corrected chi connectivity index (χ2v) is 4.61. The first-order valence-corrected chi connectivity index (χ1v) is 5.83. The molecule has 0 aliphatic rings. The van der Waals surface area contributed by atoms with Gasteiger partial charge in [-0.1, -0.05) is 13.3 Å². The number of hydrogen-bond acceptors (Lipinski definition) is 3. The minimum Gasteiger partial charge on any atom is -0.241 e. The first-order valence-electron chi connectivity index (χ1n) is 5.01. The molecule has 0 aromatic carbocycles. The molecule has 0 aliphatic carbocycles. The van der Waals surface area contributed by atoms with Crippen LogP contribution < -0.4 is 0 Å². The first kappa shape index (κ1) is 9.59. The van der Waals surface area contributed by atoms with Crippen LogP contribution in [0.15, 0.2) is 12.4 Å². The number of nitrogens with zero attached hydrogens (tertiary/aromatic N) is 2. The highest BCUT2D eigenvalue weighted by atomic mass is 32.1. The Morgan fingerprint density at radius 3 is 2.93 bits per heavy atom. The molecule has 0 unspecified atom stereocenters. The van der Waals surface area contributed by atoms with Crippen molar-refractivity contribution in [2.75, 3.05) is 0 Å². The molecule has 2 aromatic rings. The molecule has 0 amide bonds. The molecule has 14 heavy (non-hydrogen) atoms. The molecule has 2 nitrogen and oxygen atoms in total. The van der Waals surface area contributed by atoms with E-state index < -0.39 is 0 Å². The maximum Gasteiger partial charge on any atom is 0.127 e. The van der Waals surface area contributed by atoms with Crippen molar-refractivity contribution in [1.29, 1.82) is 0 Å². The molecule has 2 aromatic heterocycles. The molecule has 0 aliphatic heterocycles. The molecule has 0 fully saturated rings. The van der Waals surface area contributed by atoms with Crippen LogP contribution in [0.2, 0.25) is 0 Å². The monoisotopic (exact) mass is 206 g/mol. The van der Waals surface area contributed by atoms with E-state index >= 15 is 0 Å². The summed E-state index contributed by atoms with van der Waals surface area (Å²) in [6, 6.07) is 2.24. The van der Waals surface area contributed by atoms with E-state index in [-0.39, 0.29) is 0 Å². The van der Waals surface area contributed by atoms with Crippen molar-refractivity contribution < 1.29 is 0 Å². The molecule has 0 N–H and O–H groups in total. The second kappa shape index (κ2) is 4.05. The van der Waals surface area contributed by atoms with E-state index in [2.05, 4.69) is 23.0 Å². The highest BCUT2D eigenvalue weighted by Gasteiger charge is 2.04. The predicted octanol–water partition coefficient (Wildman–Crippen LogP) is 3.34. The fourth-order valence-electron chi connectivity index (χ4n) is 1.50. The molecule has 0 atom stereocenters. The van der Waals surface area contributed by atoms with Gasteiger partial charge in [-0.3, -0.25) is 0 Å². The first-order chi connectivity index (χ1) is 6.81. The molecular weight excluding hydrogens is 192 g/mol. The average molecular weight is 206 g/mol. The summed E-state index contributed by atoms with van der Waals surface area (Å²) in [4.78, 5) is 11.0. The molecule has 0 saturated heterocycles. The van der Waals surface area contributed by atoms with E-state index in [0.29, 0.717) is 0 Å². The lowest BCUT2D eigenvalue weighted by Crippen LogP contribution is -1.81. The van der Waals surface area contributed by atoms with Crippen LogP contribution in [0.25, 0.3) is 10.2 Å². The van der Waals surface area contributed by atoms with Crippen LogP contribution >= 0.6 is 11.3 Å². The Morgan fingerprint density at radius 2 is 2.21 bits per heavy atom. The van der Waals surface area contributed by atoms with Crippen molar-refractivity contribution in [3.63, 3.8) is 0 Å². The van der Waals surface area contributed by atoms with Gasteiger partial charge < -0.3 is 0 Å². The topological polar surface area (TPSA) is 25.8 Å². The third kappa shape index (κ3) is 1.77. The third-order valence-electron chi connectivity index (χ3n) is 2.36. The van der Waals surface area contributed by atoms with Gasteiger partial charge in [0.1, 0.15) is 11.2 Å². The van der Waals surface area contributed by atoms with E-state index in [9.17, 15) is 0 Å². The van der Waals surface area contributed by atoms with Crippen LogP contribution in [0.1, 0.15) is 30.3 Å². The fraction of sp³-hybridized carbons (Fsp3) is 0.455. The Kier molecular flexibility index (Phi) is 2.77. The van der Waals surface area contributed by atoms with Gasteiger partial charge in [-0.05, 0) is 25.8 Å². The lowest BCUT2D eigenvalue weighted by Gasteiger charge is -1.91. The molecule has 74 valence electrons. The number of hydrogen-bond donors (Lipinski definition) is 0. The van der Waals surface area contributed by atoms with Crippen LogP contribution in [0.5, 0.6) is 0 Å². The Bertz CT molecular complexity index is 434. The fourth-order valence-corrected chi connectivity index (χ4v) is 2.59. The zero-order valence-corrected chi connectivity index (χ0v) is 9.40. The van der Waals surface area contributed by atoms with Gasteiger partial charge in [-0.15, -0.1) is 11.3 Å². The Balaban J connectivity index is 2.36. The van der Waals surface area contributed by atoms with Gasteiger partial charge in [0.15, 0.2) is 0 Å². The lowest BCUT2D eigenvalue weighted by molar-refractivity contribution is 0.804. The van der Waals surface area contributed by atoms with Crippen molar-refractivity contribution in [3.8, 4) is 0 Å². The molecule has 0 spiro atoms. The zero-order valence-electron chi connectivity index (χ0n) is 8.58. The summed E-state index contributed by atoms with van der Waals surface area (Å²) in [6.45, 7) is 4.26. The van der Waals surface area contributed by atoms with Gasteiger partial charge in [0.2, 0.25) is 0 Å². The summed E-state index contributed by atoms with van der Waals surface area (Å²) in [7, 11) is 0. The number of thiophene rings is 1. The number of fused-ring (bicyclic) bond motifs is 1. The lowest BCUT2D eigenvalue weighted by atomic mass is 10.2. The van der Waals surface area contributed by atoms with Gasteiger partial charge in [-0.2, -0.15) is 0 Å². The molecule has 2 heterocycles. The van der Waals surface area contributed by atoms with Crippen molar-refractivity contribution >= 4 is 21.6 Å². The third-order valence-corrected chi connectivity index (χ3v) is 3.46. The smallest absolute Gasteiger partial charge is 0.127 e. The highest BCUT2D eigenvalue weighted by Crippen LogP contribution is 2.26. The van der Waals surface area contributed by atoms with Gasteiger partial charge in [0.25, 0.3) is 0 Å². The number of aromatic nitrogens is 2. The second-order valence-electron chi connectivity index (χ2n) is 3.49. The maximum absolute atomic E-state index is 4.28. The standard InChI is InChI=1S/C11H14N2S/c1-3-4-5-9-6-10-8(2)12-7-13-11(10)14-9/h6-7H,3-5H2,1-2H3. The number of unbranched alkanes of at least 4 members (excludes halogenated alkanes) is 1. The predicted molar refractivity (Wildman–Crippen MR) is 60.8 cm³/mol. The van der Waals surface area contributed by atoms with Gasteiger partial charge >= 0.3 is 0 Å². The molecule has 2 rings (SSSR count). The van der Waals surface area contributed by atoms with E-state index in [1.807, 2.05) is 6.92 Å². The summed E-state index contributed by atoms with van der Waals surface area (Å²) in [6.07, 6.45) is 5.34. The number of rotatable bonds is 3. The van der Waals surface area contributed by atoms with Crippen molar-refractivity contribution in [1.82, 2.24) is 9.97 Å². The van der Waals surface area contributed by atoms with Crippen molar-refractivity contribution in [3.05, 3.63) is 23.0 Å². The maximum atomic E-state index is 4.28. The molecular formula is C11H14N2S. The summed E-state index contributed by atoms with van der Waals surface area (Å²) in [5.74, 6) is 0. The summed E-state index contributed by atoms with van der Waals surface area (Å²) >= 11 is 1.80. The van der Waals surface area contributed by atoms with Crippen LogP contribution in [0, 0.1) is 6.92 Å². The molecule has 3 heteroatoms. The van der Waals surface area contributed by atoms with Gasteiger partial charge in [-0.25, -0.2) is 9.97 Å². The SMILES string of the molecule is CCCCc1cc2c(C)ncnc2s1. The molecule has 0 bridgehead atoms. The Labute approximate surface area is 88.0 Å². The highest BCUT2D eigenvalue weighted by molar-refractivity contribution is 7.18. The zero-order chi connectivity index (χ0) is 9.97.